The zero-order chi connectivity index (χ0) is 20.2. The highest BCUT2D eigenvalue weighted by atomic mass is 14.8. The Morgan fingerprint density at radius 3 is 1.13 bits per heavy atom. The molecule has 4 heteroatoms. The fourth-order valence-electron chi connectivity index (χ4n) is 3.33. The third kappa shape index (κ3) is 4.28. The van der Waals surface area contributed by atoms with E-state index in [0.29, 0.717) is 0 Å². The van der Waals surface area contributed by atoms with Crippen molar-refractivity contribution >= 4 is 46.4 Å². The van der Waals surface area contributed by atoms with Crippen LogP contribution in [0.2, 0.25) is 0 Å². The van der Waals surface area contributed by atoms with Crippen molar-refractivity contribution in [2.45, 2.75) is 0 Å². The second-order valence-corrected chi connectivity index (χ2v) is 7.06. The minimum atomic E-state index is 0.915. The largest absolute Gasteiger partial charge is 0.355 e. The maximum Gasteiger partial charge on any atom is 0.0659 e. The molecule has 8 bridgehead atoms. The smallest absolute Gasteiger partial charge is 0.0659 e. The predicted molar refractivity (Wildman–Crippen MR) is 125 cm³/mol. The van der Waals surface area contributed by atoms with Crippen LogP contribution in [-0.2, 0) is 0 Å². The number of hydrogen-bond acceptors (Lipinski definition) is 2. The summed E-state index contributed by atoms with van der Waals surface area (Å²) in [6, 6.07) is 28.4. The van der Waals surface area contributed by atoms with E-state index in [1.807, 2.05) is 78.9 Å². The highest BCUT2D eigenvalue weighted by Crippen LogP contribution is 2.17. The van der Waals surface area contributed by atoms with E-state index >= 15 is 0 Å². The Balaban J connectivity index is 0.000000279. The van der Waals surface area contributed by atoms with Gasteiger partial charge in [-0.3, -0.25) is 0 Å². The van der Waals surface area contributed by atoms with E-state index in [1.165, 1.54) is 0 Å². The molecule has 0 fully saturated rings. The molecule has 0 unspecified atom stereocenters. The molecule has 2 aliphatic rings. The van der Waals surface area contributed by atoms with Crippen LogP contribution in [-0.4, -0.2) is 19.9 Å². The molecule has 2 aliphatic heterocycles. The van der Waals surface area contributed by atoms with E-state index in [4.69, 9.17) is 0 Å². The number of nitrogens with one attached hydrogen (secondary N) is 2. The zero-order valence-corrected chi connectivity index (χ0v) is 16.3. The second kappa shape index (κ2) is 8.05. The molecule has 0 aliphatic carbocycles. The lowest BCUT2D eigenvalue weighted by Crippen LogP contribution is -1.77. The molecule has 0 saturated carbocycles. The van der Waals surface area contributed by atoms with E-state index in [0.717, 1.165) is 44.8 Å². The Kier molecular flexibility index (Phi) is 4.80. The van der Waals surface area contributed by atoms with E-state index in [9.17, 15) is 0 Å². The summed E-state index contributed by atoms with van der Waals surface area (Å²) < 4.78 is 0. The molecular weight excluding hydrogens is 368 g/mol. The first-order valence-electron chi connectivity index (χ1n) is 9.85. The van der Waals surface area contributed by atoms with Gasteiger partial charge >= 0.3 is 0 Å². The first kappa shape index (κ1) is 17.9. The van der Waals surface area contributed by atoms with Gasteiger partial charge in [0.25, 0.3) is 0 Å². The Bertz CT molecular complexity index is 1270. The molecule has 4 aromatic rings. The highest BCUT2D eigenvalue weighted by Gasteiger charge is 2.02. The van der Waals surface area contributed by atoms with Crippen molar-refractivity contribution in [3.8, 4) is 0 Å². The molecule has 0 atom stereocenters. The van der Waals surface area contributed by atoms with Crippen LogP contribution in [0.1, 0.15) is 22.8 Å². The number of fused-ring (bicyclic) bond motifs is 8. The van der Waals surface area contributed by atoms with Crippen molar-refractivity contribution in [3.05, 3.63) is 108 Å². The van der Waals surface area contributed by atoms with Crippen LogP contribution in [0.4, 0.5) is 0 Å². The number of aromatic nitrogens is 4. The quantitative estimate of drug-likeness (QED) is 0.319. The standard InChI is InChI=1S/C20H14N4.C6H6/c1-2-14-10-16-5-6-18(23-16)12-20-8-7-19(24-20)11-17-4-3-15(22-17)9-13(1)21-14;1-2-4-6-5-3-1/h1-12,21-22H;1-6H. The molecule has 0 amide bonds. The second-order valence-electron chi connectivity index (χ2n) is 7.06. The molecule has 0 spiro atoms. The van der Waals surface area contributed by atoms with Gasteiger partial charge in [-0.15, -0.1) is 0 Å². The van der Waals surface area contributed by atoms with Crippen LogP contribution in [0.3, 0.4) is 0 Å². The van der Waals surface area contributed by atoms with Gasteiger partial charge in [-0.1, -0.05) is 36.4 Å². The van der Waals surface area contributed by atoms with Gasteiger partial charge in [0.1, 0.15) is 0 Å². The summed E-state index contributed by atoms with van der Waals surface area (Å²) in [6.45, 7) is 0. The van der Waals surface area contributed by atoms with Crippen LogP contribution in [0, 0.1) is 0 Å². The maximum absolute atomic E-state index is 4.62. The number of nitrogens with zero attached hydrogens (tertiary/aromatic N) is 2. The van der Waals surface area contributed by atoms with E-state index in [2.05, 4.69) is 50.3 Å². The monoisotopic (exact) mass is 388 g/mol. The summed E-state index contributed by atoms with van der Waals surface area (Å²) in [5.41, 5.74) is 7.86. The summed E-state index contributed by atoms with van der Waals surface area (Å²) in [6.07, 6.45) is 8.05. The lowest BCUT2D eigenvalue weighted by molar-refractivity contribution is 1.28. The third-order valence-corrected chi connectivity index (χ3v) is 4.71. The number of aromatic amines is 2. The predicted octanol–water partition coefficient (Wildman–Crippen LogP) is 6.34. The zero-order valence-electron chi connectivity index (χ0n) is 16.3. The maximum atomic E-state index is 4.62. The van der Waals surface area contributed by atoms with Gasteiger partial charge < -0.3 is 9.97 Å². The van der Waals surface area contributed by atoms with Crippen LogP contribution in [0.15, 0.2) is 84.9 Å². The van der Waals surface area contributed by atoms with Crippen molar-refractivity contribution in [2.24, 2.45) is 0 Å². The minimum Gasteiger partial charge on any atom is -0.355 e. The van der Waals surface area contributed by atoms with Crippen LogP contribution in [0.5, 0.6) is 0 Å². The van der Waals surface area contributed by atoms with Crippen molar-refractivity contribution in [3.63, 3.8) is 0 Å². The molecule has 2 N–H and O–H groups in total. The molecule has 4 nitrogen and oxygen atoms in total. The van der Waals surface area contributed by atoms with Gasteiger partial charge in [-0.05, 0) is 72.8 Å². The molecule has 3 aromatic heterocycles. The van der Waals surface area contributed by atoms with Crippen molar-refractivity contribution in [1.82, 2.24) is 19.9 Å². The summed E-state index contributed by atoms with van der Waals surface area (Å²) in [5, 5.41) is 0. The third-order valence-electron chi connectivity index (χ3n) is 4.71. The number of rotatable bonds is 0. The van der Waals surface area contributed by atoms with Gasteiger partial charge in [-0.2, -0.15) is 0 Å². The van der Waals surface area contributed by atoms with Crippen molar-refractivity contribution < 1.29 is 0 Å². The average molecular weight is 388 g/mol. The van der Waals surface area contributed by atoms with E-state index in [-0.39, 0.29) is 0 Å². The fourth-order valence-corrected chi connectivity index (χ4v) is 3.33. The van der Waals surface area contributed by atoms with Crippen molar-refractivity contribution in [2.75, 3.05) is 0 Å². The SMILES string of the molecule is C1=Cc2cc3ccc(cc4ccc(cc5nc(cc1n2)C=C5)[nH]4)[nH]3.c1ccccc1. The summed E-state index contributed by atoms with van der Waals surface area (Å²) in [7, 11) is 0. The molecule has 0 saturated heterocycles. The molecule has 6 rings (SSSR count). The average Bonchev–Trinajstić information content (AvgIpc) is 3.56. The number of H-pyrrole nitrogens is 2. The first-order valence-corrected chi connectivity index (χ1v) is 9.85. The molecular formula is C26H20N4. The Morgan fingerprint density at radius 2 is 0.733 bits per heavy atom. The van der Waals surface area contributed by atoms with Gasteiger partial charge in [0.15, 0.2) is 0 Å². The van der Waals surface area contributed by atoms with E-state index in [1.54, 1.807) is 0 Å². The molecule has 5 heterocycles. The van der Waals surface area contributed by atoms with Crippen LogP contribution in [0.25, 0.3) is 46.4 Å². The van der Waals surface area contributed by atoms with Gasteiger partial charge in [-0.25, -0.2) is 9.97 Å². The van der Waals surface area contributed by atoms with Crippen LogP contribution < -0.4 is 0 Å². The van der Waals surface area contributed by atoms with Crippen molar-refractivity contribution in [1.29, 1.82) is 0 Å². The minimum absolute atomic E-state index is 0.915. The van der Waals surface area contributed by atoms with Crippen LogP contribution >= 0.6 is 0 Å². The topological polar surface area (TPSA) is 57.4 Å². The normalized spacial score (nSPS) is 11.7. The molecule has 144 valence electrons. The highest BCUT2D eigenvalue weighted by molar-refractivity contribution is 5.77. The Morgan fingerprint density at radius 1 is 0.400 bits per heavy atom. The molecule has 1 aromatic carbocycles. The Hall–Kier alpha value is -4.18. The summed E-state index contributed by atoms with van der Waals surface area (Å²) >= 11 is 0. The summed E-state index contributed by atoms with van der Waals surface area (Å²) in [5.74, 6) is 0. The first-order chi connectivity index (χ1) is 14.8. The van der Waals surface area contributed by atoms with Gasteiger partial charge in [0, 0.05) is 22.1 Å². The van der Waals surface area contributed by atoms with Gasteiger partial charge in [0.05, 0.1) is 22.8 Å². The summed E-state index contributed by atoms with van der Waals surface area (Å²) in [4.78, 5) is 16.0. The fraction of sp³-hybridized carbons (Fsp3) is 0. The van der Waals surface area contributed by atoms with Gasteiger partial charge in [0.2, 0.25) is 0 Å². The lowest BCUT2D eigenvalue weighted by atomic mass is 10.3. The lowest BCUT2D eigenvalue weighted by Gasteiger charge is -1.86. The molecule has 30 heavy (non-hydrogen) atoms. The number of hydrogen-bond donors (Lipinski definition) is 2. The van der Waals surface area contributed by atoms with E-state index < -0.39 is 0 Å². The Labute approximate surface area is 174 Å². The number of benzene rings is 1. The molecule has 0 radical (unpaired) electrons.